The van der Waals surface area contributed by atoms with Crippen LogP contribution in [0.4, 0.5) is 0 Å². The Morgan fingerprint density at radius 1 is 1.43 bits per heavy atom. The Morgan fingerprint density at radius 3 is 2.50 bits per heavy atom. The SMILES string of the molecule is CC1=C(O)C(C(C)(C)C)=CC2(O)SC12. The minimum Gasteiger partial charge on any atom is -0.508 e. The van der Waals surface area contributed by atoms with Gasteiger partial charge in [0.2, 0.25) is 0 Å². The maximum absolute atomic E-state index is 10.0. The highest BCUT2D eigenvalue weighted by molar-refractivity contribution is 8.08. The van der Waals surface area contributed by atoms with Gasteiger partial charge in [-0.3, -0.25) is 0 Å². The summed E-state index contributed by atoms with van der Waals surface area (Å²) in [6.45, 7) is 8.01. The van der Waals surface area contributed by atoms with Crippen LogP contribution < -0.4 is 0 Å². The first-order valence-corrected chi connectivity index (χ1v) is 5.67. The molecule has 0 aromatic rings. The van der Waals surface area contributed by atoms with E-state index >= 15 is 0 Å². The molecular formula is C11H16O2S. The molecule has 14 heavy (non-hydrogen) atoms. The fourth-order valence-electron chi connectivity index (χ4n) is 1.85. The van der Waals surface area contributed by atoms with Crippen LogP contribution in [0.5, 0.6) is 0 Å². The van der Waals surface area contributed by atoms with Crippen molar-refractivity contribution in [1.29, 1.82) is 0 Å². The Labute approximate surface area is 88.7 Å². The molecule has 0 radical (unpaired) electrons. The summed E-state index contributed by atoms with van der Waals surface area (Å²) in [6, 6.07) is 0. The van der Waals surface area contributed by atoms with Crippen molar-refractivity contribution >= 4 is 11.8 Å². The molecule has 0 spiro atoms. The number of allylic oxidation sites excluding steroid dienone is 1. The Bertz CT molecular complexity index is 349. The first kappa shape index (κ1) is 10.1. The molecule has 78 valence electrons. The van der Waals surface area contributed by atoms with Gasteiger partial charge in [-0.05, 0) is 29.6 Å². The van der Waals surface area contributed by atoms with Gasteiger partial charge in [-0.1, -0.05) is 20.8 Å². The zero-order valence-electron chi connectivity index (χ0n) is 8.96. The number of hydrogen-bond donors (Lipinski definition) is 2. The van der Waals surface area contributed by atoms with Crippen LogP contribution in [-0.2, 0) is 0 Å². The minimum atomic E-state index is -0.737. The van der Waals surface area contributed by atoms with Gasteiger partial charge in [-0.15, -0.1) is 11.8 Å². The third kappa shape index (κ3) is 1.30. The second-order valence-electron chi connectivity index (χ2n) is 5.09. The van der Waals surface area contributed by atoms with E-state index in [1.165, 1.54) is 11.8 Å². The van der Waals surface area contributed by atoms with Crippen molar-refractivity contribution in [3.8, 4) is 0 Å². The summed E-state index contributed by atoms with van der Waals surface area (Å²) in [5, 5.41) is 20.1. The molecule has 0 aromatic heterocycles. The number of hydrogen-bond acceptors (Lipinski definition) is 3. The van der Waals surface area contributed by atoms with Gasteiger partial charge in [-0.25, -0.2) is 0 Å². The molecule has 1 aliphatic heterocycles. The number of aliphatic hydroxyl groups excluding tert-OH is 1. The molecule has 1 fully saturated rings. The lowest BCUT2D eigenvalue weighted by atomic mass is 9.80. The molecule has 2 unspecified atom stereocenters. The average Bonchev–Trinajstić information content (AvgIpc) is 2.69. The van der Waals surface area contributed by atoms with Gasteiger partial charge in [0.25, 0.3) is 0 Å². The van der Waals surface area contributed by atoms with Crippen LogP contribution in [0.25, 0.3) is 0 Å². The maximum Gasteiger partial charge on any atom is 0.146 e. The van der Waals surface area contributed by atoms with Crippen molar-refractivity contribution in [3.05, 3.63) is 23.0 Å². The first-order chi connectivity index (χ1) is 6.26. The van der Waals surface area contributed by atoms with E-state index in [0.717, 1.165) is 11.1 Å². The second kappa shape index (κ2) is 2.58. The highest BCUT2D eigenvalue weighted by Gasteiger charge is 2.57. The highest BCUT2D eigenvalue weighted by atomic mass is 32.2. The molecule has 0 aromatic carbocycles. The van der Waals surface area contributed by atoms with E-state index in [1.54, 1.807) is 0 Å². The van der Waals surface area contributed by atoms with Crippen LogP contribution in [0.15, 0.2) is 23.0 Å². The molecule has 1 saturated heterocycles. The Hall–Kier alpha value is -0.410. The highest BCUT2D eigenvalue weighted by Crippen LogP contribution is 2.60. The Kier molecular flexibility index (Phi) is 1.87. The zero-order chi connectivity index (χ0) is 10.7. The lowest BCUT2D eigenvalue weighted by Crippen LogP contribution is -2.24. The van der Waals surface area contributed by atoms with E-state index in [1.807, 2.05) is 33.8 Å². The third-order valence-electron chi connectivity index (χ3n) is 2.81. The zero-order valence-corrected chi connectivity index (χ0v) is 9.77. The van der Waals surface area contributed by atoms with E-state index in [2.05, 4.69) is 0 Å². The van der Waals surface area contributed by atoms with Gasteiger partial charge in [-0.2, -0.15) is 0 Å². The number of rotatable bonds is 0. The van der Waals surface area contributed by atoms with E-state index in [4.69, 9.17) is 0 Å². The summed E-state index contributed by atoms with van der Waals surface area (Å²) >= 11 is 1.49. The monoisotopic (exact) mass is 212 g/mol. The summed E-state index contributed by atoms with van der Waals surface area (Å²) in [5.41, 5.74) is 1.65. The second-order valence-corrected chi connectivity index (χ2v) is 6.45. The van der Waals surface area contributed by atoms with Crippen molar-refractivity contribution < 1.29 is 10.2 Å². The van der Waals surface area contributed by atoms with Crippen molar-refractivity contribution in [2.45, 2.75) is 37.9 Å². The molecule has 3 heteroatoms. The molecule has 0 amide bonds. The van der Waals surface area contributed by atoms with Crippen molar-refractivity contribution in [2.75, 3.05) is 0 Å². The summed E-state index contributed by atoms with van der Waals surface area (Å²) < 4.78 is 0. The van der Waals surface area contributed by atoms with Crippen LogP contribution >= 0.6 is 11.8 Å². The smallest absolute Gasteiger partial charge is 0.146 e. The van der Waals surface area contributed by atoms with Crippen LogP contribution in [0, 0.1) is 5.41 Å². The number of fused-ring (bicyclic) bond motifs is 1. The Balaban J connectivity index is 2.47. The van der Waals surface area contributed by atoms with Gasteiger partial charge in [0, 0.05) is 0 Å². The maximum atomic E-state index is 10.0. The summed E-state index contributed by atoms with van der Waals surface area (Å²) in [5.74, 6) is 0.372. The molecule has 2 atom stereocenters. The van der Waals surface area contributed by atoms with E-state index < -0.39 is 4.93 Å². The van der Waals surface area contributed by atoms with E-state index in [0.29, 0.717) is 5.76 Å². The van der Waals surface area contributed by atoms with Crippen LogP contribution in [-0.4, -0.2) is 20.4 Å². The minimum absolute atomic E-state index is 0.0774. The Morgan fingerprint density at radius 2 is 2.00 bits per heavy atom. The predicted octanol–water partition coefficient (Wildman–Crippen LogP) is 2.61. The molecule has 0 bridgehead atoms. The van der Waals surface area contributed by atoms with Crippen LogP contribution in [0.3, 0.4) is 0 Å². The van der Waals surface area contributed by atoms with E-state index in [9.17, 15) is 10.2 Å². The van der Waals surface area contributed by atoms with Crippen molar-refractivity contribution in [3.63, 3.8) is 0 Å². The quantitative estimate of drug-likeness (QED) is 0.606. The lowest BCUT2D eigenvalue weighted by Gasteiger charge is -2.27. The lowest BCUT2D eigenvalue weighted by molar-refractivity contribution is 0.215. The summed E-state index contributed by atoms with van der Waals surface area (Å²) in [7, 11) is 0. The van der Waals surface area contributed by atoms with E-state index in [-0.39, 0.29) is 10.7 Å². The van der Waals surface area contributed by atoms with Gasteiger partial charge in [0.1, 0.15) is 10.7 Å². The molecule has 1 heterocycles. The van der Waals surface area contributed by atoms with Gasteiger partial charge >= 0.3 is 0 Å². The predicted molar refractivity (Wildman–Crippen MR) is 59.2 cm³/mol. The van der Waals surface area contributed by atoms with Crippen molar-refractivity contribution in [1.82, 2.24) is 0 Å². The normalized spacial score (nSPS) is 36.6. The fraction of sp³-hybridized carbons (Fsp3) is 0.636. The molecule has 2 N–H and O–H groups in total. The van der Waals surface area contributed by atoms with Crippen LogP contribution in [0.2, 0.25) is 0 Å². The molecule has 2 aliphatic rings. The largest absolute Gasteiger partial charge is 0.508 e. The fourth-order valence-corrected chi connectivity index (χ4v) is 2.88. The third-order valence-corrected chi connectivity index (χ3v) is 4.23. The topological polar surface area (TPSA) is 40.5 Å². The summed E-state index contributed by atoms with van der Waals surface area (Å²) in [6.07, 6.45) is 1.81. The van der Waals surface area contributed by atoms with Gasteiger partial charge in [0.05, 0.1) is 5.25 Å². The molecular weight excluding hydrogens is 196 g/mol. The molecule has 2 nitrogen and oxygen atoms in total. The molecule has 0 saturated carbocycles. The van der Waals surface area contributed by atoms with Crippen molar-refractivity contribution in [2.24, 2.45) is 5.41 Å². The average molecular weight is 212 g/mol. The standard InChI is InChI=1S/C11H16O2S/c1-6-8(12)7(10(2,3)4)5-11(13)9(6)14-11/h5,9,12-13H,1-4H3. The first-order valence-electron chi connectivity index (χ1n) is 4.79. The van der Waals surface area contributed by atoms with Gasteiger partial charge < -0.3 is 10.2 Å². The van der Waals surface area contributed by atoms with Crippen LogP contribution in [0.1, 0.15) is 27.7 Å². The number of thioether (sulfide) groups is 1. The van der Waals surface area contributed by atoms with Gasteiger partial charge in [0.15, 0.2) is 0 Å². The number of aliphatic hydroxyl groups is 2. The summed E-state index contributed by atoms with van der Waals surface area (Å²) in [4.78, 5) is -0.737. The molecule has 1 aliphatic carbocycles. The molecule has 2 rings (SSSR count).